The van der Waals surface area contributed by atoms with E-state index in [1.807, 2.05) is 5.32 Å². The minimum atomic E-state index is -1.23. The highest BCUT2D eigenvalue weighted by molar-refractivity contribution is 6.00. The Balaban J connectivity index is 1.89. The van der Waals surface area contributed by atoms with Crippen molar-refractivity contribution in [2.24, 2.45) is 0 Å². The van der Waals surface area contributed by atoms with Gasteiger partial charge in [0, 0.05) is 0 Å². The molecule has 0 radical (unpaired) electrons. The number of fused-ring (bicyclic) bond motifs is 1. The van der Waals surface area contributed by atoms with Gasteiger partial charge in [-0.1, -0.05) is 12.1 Å². The number of rotatable bonds is 4. The zero-order valence-electron chi connectivity index (χ0n) is 13.0. The Labute approximate surface area is 137 Å². The largest absolute Gasteiger partial charge is 0.478 e. The van der Waals surface area contributed by atoms with Crippen molar-refractivity contribution in [2.45, 2.75) is 25.6 Å². The van der Waals surface area contributed by atoms with Crippen LogP contribution in [0.1, 0.15) is 13.3 Å². The fraction of sp³-hybridized carbons (Fsp3) is 0.333. The third kappa shape index (κ3) is 4.22. The van der Waals surface area contributed by atoms with Gasteiger partial charge in [0.05, 0.1) is 19.2 Å². The summed E-state index contributed by atoms with van der Waals surface area (Å²) < 4.78 is 14.6. The molecule has 2 N–H and O–H groups in total. The van der Waals surface area contributed by atoms with Gasteiger partial charge in [0.25, 0.3) is 11.8 Å². The van der Waals surface area contributed by atoms with Gasteiger partial charge >= 0.3 is 12.1 Å². The number of methoxy groups -OCH3 is 1. The van der Waals surface area contributed by atoms with E-state index in [0.29, 0.717) is 11.4 Å². The minimum Gasteiger partial charge on any atom is -0.478 e. The number of esters is 1. The van der Waals surface area contributed by atoms with Crippen LogP contribution in [0.3, 0.4) is 0 Å². The molecule has 0 saturated carbocycles. The number of benzene rings is 1. The van der Waals surface area contributed by atoms with Crippen LogP contribution in [0.15, 0.2) is 24.3 Å². The van der Waals surface area contributed by atoms with Crippen molar-refractivity contribution in [2.75, 3.05) is 12.4 Å². The predicted octanol–water partition coefficient (Wildman–Crippen LogP) is 0.590. The molecule has 1 heterocycles. The molecule has 1 aromatic rings. The number of imide groups is 1. The summed E-state index contributed by atoms with van der Waals surface area (Å²) in [6.45, 7) is 1.28. The summed E-state index contributed by atoms with van der Waals surface area (Å²) in [6, 6.07) is 6.78. The molecule has 0 saturated heterocycles. The Bertz CT molecular complexity index is 674. The summed E-state index contributed by atoms with van der Waals surface area (Å²) >= 11 is 0. The molecule has 0 aromatic heterocycles. The molecule has 2 atom stereocenters. The van der Waals surface area contributed by atoms with E-state index in [2.05, 4.69) is 10.1 Å². The lowest BCUT2D eigenvalue weighted by molar-refractivity contribution is -0.157. The highest BCUT2D eigenvalue weighted by Gasteiger charge is 2.31. The Morgan fingerprint density at radius 2 is 2.04 bits per heavy atom. The zero-order chi connectivity index (χ0) is 17.7. The van der Waals surface area contributed by atoms with Gasteiger partial charge in [0.15, 0.2) is 12.2 Å². The van der Waals surface area contributed by atoms with Gasteiger partial charge in [0.2, 0.25) is 0 Å². The number of hydrogen-bond donors (Lipinski definition) is 2. The SMILES string of the molecule is COC(=O)NC(=O)[C@H](C)OC(=O)C[C@H]1Oc2ccccc2NC1=O. The second kappa shape index (κ2) is 7.44. The molecule has 1 aliphatic rings. The van der Waals surface area contributed by atoms with Crippen LogP contribution in [-0.2, 0) is 23.9 Å². The van der Waals surface area contributed by atoms with Crippen LogP contribution in [0.25, 0.3) is 0 Å². The van der Waals surface area contributed by atoms with Crippen LogP contribution >= 0.6 is 0 Å². The first-order valence-electron chi connectivity index (χ1n) is 7.05. The molecule has 2 rings (SSSR count). The van der Waals surface area contributed by atoms with Crippen LogP contribution in [0, 0.1) is 0 Å². The third-order valence-electron chi connectivity index (χ3n) is 3.15. The second-order valence-electron chi connectivity index (χ2n) is 4.91. The monoisotopic (exact) mass is 336 g/mol. The smallest absolute Gasteiger partial charge is 0.413 e. The molecule has 9 heteroatoms. The Morgan fingerprint density at radius 1 is 1.33 bits per heavy atom. The average molecular weight is 336 g/mol. The first-order chi connectivity index (χ1) is 11.4. The number of anilines is 1. The number of para-hydroxylation sites is 2. The maximum atomic E-state index is 11.9. The van der Waals surface area contributed by atoms with Crippen LogP contribution in [-0.4, -0.2) is 43.2 Å². The molecule has 0 fully saturated rings. The molecule has 9 nitrogen and oxygen atoms in total. The minimum absolute atomic E-state index is 0.379. The molecule has 128 valence electrons. The van der Waals surface area contributed by atoms with Crippen molar-refractivity contribution in [1.82, 2.24) is 5.32 Å². The Hall–Kier alpha value is -3.10. The van der Waals surface area contributed by atoms with E-state index in [1.165, 1.54) is 6.92 Å². The number of carbonyl (C=O) groups excluding carboxylic acids is 4. The quantitative estimate of drug-likeness (QED) is 0.772. The van der Waals surface area contributed by atoms with E-state index in [0.717, 1.165) is 7.11 Å². The van der Waals surface area contributed by atoms with Crippen molar-refractivity contribution >= 4 is 29.6 Å². The Kier molecular flexibility index (Phi) is 5.35. The lowest BCUT2D eigenvalue weighted by Gasteiger charge is -2.25. The van der Waals surface area contributed by atoms with Gasteiger partial charge in [-0.05, 0) is 19.1 Å². The van der Waals surface area contributed by atoms with Gasteiger partial charge < -0.3 is 19.5 Å². The highest BCUT2D eigenvalue weighted by atomic mass is 16.6. The van der Waals surface area contributed by atoms with E-state index < -0.39 is 36.1 Å². The molecule has 0 spiro atoms. The van der Waals surface area contributed by atoms with Crippen molar-refractivity contribution in [3.8, 4) is 5.75 Å². The number of alkyl carbamates (subject to hydrolysis) is 1. The normalized spacial score (nSPS) is 16.8. The van der Waals surface area contributed by atoms with Gasteiger partial charge in [-0.3, -0.25) is 19.7 Å². The maximum absolute atomic E-state index is 11.9. The maximum Gasteiger partial charge on any atom is 0.413 e. The molecule has 24 heavy (non-hydrogen) atoms. The lowest BCUT2D eigenvalue weighted by Crippen LogP contribution is -2.42. The first-order valence-corrected chi connectivity index (χ1v) is 7.05. The zero-order valence-corrected chi connectivity index (χ0v) is 13.0. The van der Waals surface area contributed by atoms with Crippen LogP contribution in [0.4, 0.5) is 10.5 Å². The van der Waals surface area contributed by atoms with Crippen molar-refractivity contribution in [3.63, 3.8) is 0 Å². The Morgan fingerprint density at radius 3 is 2.75 bits per heavy atom. The van der Waals surface area contributed by atoms with Gasteiger partial charge in [-0.15, -0.1) is 0 Å². The molecule has 0 bridgehead atoms. The highest BCUT2D eigenvalue weighted by Crippen LogP contribution is 2.29. The predicted molar refractivity (Wildman–Crippen MR) is 80.2 cm³/mol. The number of amides is 3. The summed E-state index contributed by atoms with van der Waals surface area (Å²) in [5, 5.41) is 4.49. The van der Waals surface area contributed by atoms with Crippen LogP contribution in [0.5, 0.6) is 5.75 Å². The fourth-order valence-corrected chi connectivity index (χ4v) is 1.93. The van der Waals surface area contributed by atoms with Gasteiger partial charge in [0.1, 0.15) is 5.75 Å². The van der Waals surface area contributed by atoms with E-state index in [9.17, 15) is 19.2 Å². The third-order valence-corrected chi connectivity index (χ3v) is 3.15. The molecule has 1 aromatic carbocycles. The molecule has 0 unspecified atom stereocenters. The standard InChI is InChI=1S/C15H16N2O7/c1-8(13(19)17-15(21)22-2)23-12(18)7-11-14(20)16-9-5-3-4-6-10(9)24-11/h3-6,8,11H,7H2,1-2H3,(H,16,20)(H,17,19,21)/t8-,11+/m0/s1. The van der Waals surface area contributed by atoms with Gasteiger partial charge in [-0.25, -0.2) is 4.79 Å². The molecule has 3 amide bonds. The number of nitrogens with one attached hydrogen (secondary N) is 2. The van der Waals surface area contributed by atoms with Gasteiger partial charge in [-0.2, -0.15) is 0 Å². The fourth-order valence-electron chi connectivity index (χ4n) is 1.93. The molecule has 0 aliphatic carbocycles. The average Bonchev–Trinajstić information content (AvgIpc) is 2.55. The van der Waals surface area contributed by atoms with Crippen molar-refractivity contribution in [3.05, 3.63) is 24.3 Å². The summed E-state index contributed by atoms with van der Waals surface area (Å²) in [5.74, 6) is -1.71. The second-order valence-corrected chi connectivity index (χ2v) is 4.91. The summed E-state index contributed by atoms with van der Waals surface area (Å²) in [6.07, 6.45) is -3.64. The first kappa shape index (κ1) is 17.3. The summed E-state index contributed by atoms with van der Waals surface area (Å²) in [7, 11) is 1.09. The summed E-state index contributed by atoms with van der Waals surface area (Å²) in [4.78, 5) is 46.3. The molecular formula is C15H16N2O7. The molecule has 1 aliphatic heterocycles. The number of hydrogen-bond acceptors (Lipinski definition) is 7. The number of carbonyl (C=O) groups is 4. The lowest BCUT2D eigenvalue weighted by atomic mass is 10.1. The van der Waals surface area contributed by atoms with Crippen molar-refractivity contribution < 1.29 is 33.4 Å². The van der Waals surface area contributed by atoms with Crippen LogP contribution in [0.2, 0.25) is 0 Å². The summed E-state index contributed by atoms with van der Waals surface area (Å²) in [5.41, 5.74) is 0.512. The molecular weight excluding hydrogens is 320 g/mol. The van der Waals surface area contributed by atoms with Crippen LogP contribution < -0.4 is 15.4 Å². The van der Waals surface area contributed by atoms with E-state index in [4.69, 9.17) is 9.47 Å². The van der Waals surface area contributed by atoms with E-state index >= 15 is 0 Å². The van der Waals surface area contributed by atoms with E-state index in [1.54, 1.807) is 24.3 Å². The number of ether oxygens (including phenoxy) is 3. The van der Waals surface area contributed by atoms with Crippen molar-refractivity contribution in [1.29, 1.82) is 0 Å². The van der Waals surface area contributed by atoms with E-state index in [-0.39, 0.29) is 6.42 Å². The topological polar surface area (TPSA) is 120 Å².